The summed E-state index contributed by atoms with van der Waals surface area (Å²) in [6.45, 7) is 1.99. The van der Waals surface area contributed by atoms with E-state index in [9.17, 15) is 19.2 Å². The maximum Gasteiger partial charge on any atom is 0.325 e. The summed E-state index contributed by atoms with van der Waals surface area (Å²) >= 11 is 0. The molecule has 0 unspecified atom stereocenters. The van der Waals surface area contributed by atoms with Crippen molar-refractivity contribution in [3.8, 4) is 0 Å². The standard InChI is InChI=1S/C12H20N4O5/c1-6(12(20)21)15-11(19)8(5-9(13)17)16-10(18)7-3-2-4-14-7/h6-8,14H,2-5H2,1H3,(H2,13,17)(H,15,19)(H,16,18)(H,20,21)/t6-,7-,8-/m0/s1. The molecule has 0 aromatic heterocycles. The topological polar surface area (TPSA) is 151 Å². The molecule has 0 aliphatic carbocycles. The zero-order valence-electron chi connectivity index (χ0n) is 11.7. The van der Waals surface area contributed by atoms with Crippen LogP contribution >= 0.6 is 0 Å². The van der Waals surface area contributed by atoms with Crippen LogP contribution in [0.15, 0.2) is 0 Å². The highest BCUT2D eigenvalue weighted by Crippen LogP contribution is 2.05. The van der Waals surface area contributed by atoms with E-state index in [2.05, 4.69) is 16.0 Å². The average molecular weight is 300 g/mol. The molecular formula is C12H20N4O5. The van der Waals surface area contributed by atoms with Crippen molar-refractivity contribution in [2.75, 3.05) is 6.54 Å². The molecule has 1 aliphatic heterocycles. The van der Waals surface area contributed by atoms with Crippen LogP contribution in [-0.2, 0) is 19.2 Å². The second-order valence-corrected chi connectivity index (χ2v) is 4.95. The van der Waals surface area contributed by atoms with E-state index in [1.807, 2.05) is 0 Å². The van der Waals surface area contributed by atoms with Gasteiger partial charge in [0.1, 0.15) is 12.1 Å². The molecule has 3 amide bonds. The highest BCUT2D eigenvalue weighted by Gasteiger charge is 2.29. The fraction of sp³-hybridized carbons (Fsp3) is 0.667. The van der Waals surface area contributed by atoms with Crippen LogP contribution in [0.1, 0.15) is 26.2 Å². The molecule has 6 N–H and O–H groups in total. The lowest BCUT2D eigenvalue weighted by molar-refractivity contribution is -0.141. The van der Waals surface area contributed by atoms with Gasteiger partial charge in [0.05, 0.1) is 12.5 Å². The molecule has 0 spiro atoms. The fourth-order valence-corrected chi connectivity index (χ4v) is 1.97. The molecule has 1 heterocycles. The summed E-state index contributed by atoms with van der Waals surface area (Å²) in [5, 5.41) is 16.3. The Morgan fingerprint density at radius 3 is 2.48 bits per heavy atom. The van der Waals surface area contributed by atoms with Crippen molar-refractivity contribution in [2.45, 2.75) is 44.3 Å². The minimum absolute atomic E-state index is 0.392. The summed E-state index contributed by atoms with van der Waals surface area (Å²) < 4.78 is 0. The molecule has 118 valence electrons. The zero-order chi connectivity index (χ0) is 16.0. The van der Waals surface area contributed by atoms with Crippen molar-refractivity contribution < 1.29 is 24.3 Å². The van der Waals surface area contributed by atoms with Gasteiger partial charge in [-0.3, -0.25) is 19.2 Å². The lowest BCUT2D eigenvalue weighted by Crippen LogP contribution is -2.54. The van der Waals surface area contributed by atoms with Gasteiger partial charge in [-0.05, 0) is 26.3 Å². The van der Waals surface area contributed by atoms with E-state index >= 15 is 0 Å². The maximum absolute atomic E-state index is 11.9. The Morgan fingerprint density at radius 1 is 1.33 bits per heavy atom. The molecule has 9 heteroatoms. The van der Waals surface area contributed by atoms with E-state index in [4.69, 9.17) is 10.8 Å². The van der Waals surface area contributed by atoms with Gasteiger partial charge in [0, 0.05) is 0 Å². The van der Waals surface area contributed by atoms with Crippen molar-refractivity contribution in [1.29, 1.82) is 0 Å². The second kappa shape index (κ2) is 7.58. The van der Waals surface area contributed by atoms with E-state index < -0.39 is 48.2 Å². The molecule has 0 aromatic rings. The predicted molar refractivity (Wildman–Crippen MR) is 72.0 cm³/mol. The smallest absolute Gasteiger partial charge is 0.325 e. The molecule has 0 bridgehead atoms. The average Bonchev–Trinajstić information content (AvgIpc) is 2.90. The van der Waals surface area contributed by atoms with Crippen molar-refractivity contribution in [2.24, 2.45) is 5.73 Å². The van der Waals surface area contributed by atoms with Crippen molar-refractivity contribution in [3.63, 3.8) is 0 Å². The van der Waals surface area contributed by atoms with Crippen LogP contribution in [0, 0.1) is 0 Å². The number of hydrogen-bond acceptors (Lipinski definition) is 5. The number of carbonyl (C=O) groups is 4. The molecule has 21 heavy (non-hydrogen) atoms. The zero-order valence-corrected chi connectivity index (χ0v) is 11.7. The van der Waals surface area contributed by atoms with Crippen LogP contribution in [0.5, 0.6) is 0 Å². The van der Waals surface area contributed by atoms with Gasteiger partial charge in [-0.1, -0.05) is 0 Å². The first-order chi connectivity index (χ1) is 9.81. The number of primary amides is 1. The van der Waals surface area contributed by atoms with E-state index in [1.54, 1.807) is 0 Å². The van der Waals surface area contributed by atoms with Crippen molar-refractivity contribution >= 4 is 23.7 Å². The maximum atomic E-state index is 11.9. The van der Waals surface area contributed by atoms with Crippen LogP contribution in [0.25, 0.3) is 0 Å². The third kappa shape index (κ3) is 5.38. The lowest BCUT2D eigenvalue weighted by atomic mass is 10.1. The highest BCUT2D eigenvalue weighted by molar-refractivity contribution is 5.94. The van der Waals surface area contributed by atoms with Gasteiger partial charge in [-0.2, -0.15) is 0 Å². The molecule has 9 nitrogen and oxygen atoms in total. The quantitative estimate of drug-likeness (QED) is 0.356. The Kier molecular flexibility index (Phi) is 6.10. The van der Waals surface area contributed by atoms with Crippen LogP contribution in [0.3, 0.4) is 0 Å². The molecule has 0 radical (unpaired) electrons. The summed E-state index contributed by atoms with van der Waals surface area (Å²) in [6.07, 6.45) is 1.10. The Morgan fingerprint density at radius 2 is 2.00 bits per heavy atom. The number of hydrogen-bond donors (Lipinski definition) is 5. The third-order valence-corrected chi connectivity index (χ3v) is 3.14. The Labute approximate surface area is 121 Å². The Balaban J connectivity index is 2.65. The van der Waals surface area contributed by atoms with Crippen molar-refractivity contribution in [1.82, 2.24) is 16.0 Å². The lowest BCUT2D eigenvalue weighted by Gasteiger charge is -2.20. The number of carboxylic acids is 1. The first kappa shape index (κ1) is 16.9. The first-order valence-corrected chi connectivity index (χ1v) is 6.66. The van der Waals surface area contributed by atoms with Gasteiger partial charge in [0.25, 0.3) is 0 Å². The number of aliphatic carboxylic acids is 1. The molecule has 1 saturated heterocycles. The fourth-order valence-electron chi connectivity index (χ4n) is 1.97. The van der Waals surface area contributed by atoms with Gasteiger partial charge in [0.2, 0.25) is 17.7 Å². The third-order valence-electron chi connectivity index (χ3n) is 3.14. The summed E-state index contributed by atoms with van der Waals surface area (Å²) in [5.41, 5.74) is 5.05. The summed E-state index contributed by atoms with van der Waals surface area (Å²) in [6, 6.07) is -2.72. The normalized spacial score (nSPS) is 20.3. The molecule has 0 saturated carbocycles. The Hall–Kier alpha value is -2.16. The predicted octanol–water partition coefficient (Wildman–Crippen LogP) is -2.31. The van der Waals surface area contributed by atoms with E-state index in [1.165, 1.54) is 6.92 Å². The number of carbonyl (C=O) groups excluding carboxylic acids is 3. The van der Waals surface area contributed by atoms with Crippen LogP contribution < -0.4 is 21.7 Å². The molecule has 0 aromatic carbocycles. The number of rotatable bonds is 7. The van der Waals surface area contributed by atoms with Crippen molar-refractivity contribution in [3.05, 3.63) is 0 Å². The molecular weight excluding hydrogens is 280 g/mol. The largest absolute Gasteiger partial charge is 0.480 e. The molecule has 1 fully saturated rings. The summed E-state index contributed by atoms with van der Waals surface area (Å²) in [4.78, 5) is 45.6. The van der Waals surface area contributed by atoms with E-state index in [-0.39, 0.29) is 0 Å². The van der Waals surface area contributed by atoms with Crippen LogP contribution in [0.2, 0.25) is 0 Å². The van der Waals surface area contributed by atoms with Gasteiger partial charge in [-0.25, -0.2) is 0 Å². The SMILES string of the molecule is C[C@H](NC(=O)[C@H](CC(N)=O)NC(=O)[C@@H]1CCCN1)C(=O)O. The highest BCUT2D eigenvalue weighted by atomic mass is 16.4. The minimum Gasteiger partial charge on any atom is -0.480 e. The molecule has 3 atom stereocenters. The number of nitrogens with one attached hydrogen (secondary N) is 3. The number of amides is 3. The number of carboxylic acid groups (broad SMARTS) is 1. The van der Waals surface area contributed by atoms with Gasteiger partial charge >= 0.3 is 5.97 Å². The second-order valence-electron chi connectivity index (χ2n) is 4.95. The van der Waals surface area contributed by atoms with Gasteiger partial charge < -0.3 is 26.8 Å². The van der Waals surface area contributed by atoms with E-state index in [0.717, 1.165) is 6.42 Å². The van der Waals surface area contributed by atoms with Crippen LogP contribution in [-0.4, -0.2) is 53.5 Å². The summed E-state index contributed by atoms with van der Waals surface area (Å²) in [7, 11) is 0. The monoisotopic (exact) mass is 300 g/mol. The molecule has 1 rings (SSSR count). The van der Waals surface area contributed by atoms with Gasteiger partial charge in [-0.15, -0.1) is 0 Å². The van der Waals surface area contributed by atoms with Crippen LogP contribution in [0.4, 0.5) is 0 Å². The number of nitrogens with two attached hydrogens (primary N) is 1. The summed E-state index contributed by atoms with van der Waals surface area (Å²) in [5.74, 6) is -3.14. The minimum atomic E-state index is -1.22. The molecule has 1 aliphatic rings. The van der Waals surface area contributed by atoms with E-state index in [0.29, 0.717) is 13.0 Å². The first-order valence-electron chi connectivity index (χ1n) is 6.66. The Bertz CT molecular complexity index is 433. The van der Waals surface area contributed by atoms with Gasteiger partial charge in [0.15, 0.2) is 0 Å².